The van der Waals surface area contributed by atoms with Crippen LogP contribution in [0.15, 0.2) is 42.5 Å². The molecule has 1 spiro atoms. The maximum atomic E-state index is 13.9. The maximum Gasteiger partial charge on any atom is 0.407 e. The van der Waals surface area contributed by atoms with E-state index in [0.29, 0.717) is 37.6 Å². The molecule has 0 radical (unpaired) electrons. The van der Waals surface area contributed by atoms with E-state index in [9.17, 15) is 9.59 Å². The van der Waals surface area contributed by atoms with Crippen LogP contribution < -0.4 is 14.4 Å². The first-order valence-electron chi connectivity index (χ1n) is 11.5. The highest BCUT2D eigenvalue weighted by Crippen LogP contribution is 2.53. The Kier molecular flexibility index (Phi) is 4.72. The molecular formula is C25H26N2O6. The van der Waals surface area contributed by atoms with E-state index < -0.39 is 11.5 Å². The van der Waals surface area contributed by atoms with Gasteiger partial charge in [0.15, 0.2) is 0 Å². The van der Waals surface area contributed by atoms with Crippen molar-refractivity contribution < 1.29 is 28.9 Å². The highest BCUT2D eigenvalue weighted by Gasteiger charge is 2.57. The molecule has 2 fully saturated rings. The van der Waals surface area contributed by atoms with Gasteiger partial charge in [-0.15, -0.1) is 0 Å². The molecule has 0 aromatic heterocycles. The molecule has 4 aliphatic rings. The minimum Gasteiger partial charge on any atom is -0.491 e. The summed E-state index contributed by atoms with van der Waals surface area (Å²) < 4.78 is 17.9. The van der Waals surface area contributed by atoms with Gasteiger partial charge in [-0.25, -0.2) is 4.79 Å². The second kappa shape index (κ2) is 7.66. The second-order valence-electron chi connectivity index (χ2n) is 9.18. The van der Waals surface area contributed by atoms with Crippen molar-refractivity contribution in [3.8, 4) is 11.5 Å². The lowest BCUT2D eigenvalue weighted by molar-refractivity contribution is -0.122. The van der Waals surface area contributed by atoms with E-state index in [0.717, 1.165) is 36.3 Å². The quantitative estimate of drug-likeness (QED) is 0.771. The molecule has 1 unspecified atom stereocenters. The summed E-state index contributed by atoms with van der Waals surface area (Å²) in [7, 11) is 0. The van der Waals surface area contributed by atoms with Gasteiger partial charge in [0.25, 0.3) is 0 Å². The van der Waals surface area contributed by atoms with Crippen molar-refractivity contribution in [1.82, 2.24) is 4.90 Å². The van der Waals surface area contributed by atoms with Crippen LogP contribution in [0.3, 0.4) is 0 Å². The van der Waals surface area contributed by atoms with Gasteiger partial charge in [0.05, 0.1) is 19.2 Å². The number of anilines is 1. The molecule has 8 heteroatoms. The highest BCUT2D eigenvalue weighted by molar-refractivity contribution is 6.11. The smallest absolute Gasteiger partial charge is 0.407 e. The molecule has 0 aliphatic carbocycles. The SMILES string of the molecule is O=C(O)N1CC[C@@H](Oc2ccc3c(c2)OCC32C(=O)N(C[C@H]3CCCO3)c3ccccc32)C1. The van der Waals surface area contributed by atoms with E-state index in [2.05, 4.69) is 0 Å². The number of hydrogen-bond donors (Lipinski definition) is 1. The molecule has 2 saturated heterocycles. The fraction of sp³-hybridized carbons (Fsp3) is 0.440. The number of fused-ring (bicyclic) bond motifs is 4. The summed E-state index contributed by atoms with van der Waals surface area (Å²) >= 11 is 0. The molecule has 3 atom stereocenters. The van der Waals surface area contributed by atoms with E-state index >= 15 is 0 Å². The van der Waals surface area contributed by atoms with E-state index in [1.807, 2.05) is 47.4 Å². The number of carbonyl (C=O) groups excluding carboxylic acids is 1. The number of rotatable bonds is 4. The van der Waals surface area contributed by atoms with Gasteiger partial charge in [-0.1, -0.05) is 24.3 Å². The van der Waals surface area contributed by atoms with Gasteiger partial charge >= 0.3 is 6.09 Å². The lowest BCUT2D eigenvalue weighted by atomic mass is 9.77. The molecule has 2 aromatic rings. The number of ether oxygens (including phenoxy) is 3. The van der Waals surface area contributed by atoms with Crippen LogP contribution in [0.4, 0.5) is 10.5 Å². The van der Waals surface area contributed by atoms with E-state index in [4.69, 9.17) is 19.3 Å². The highest BCUT2D eigenvalue weighted by atomic mass is 16.5. The summed E-state index contributed by atoms with van der Waals surface area (Å²) in [5.41, 5.74) is 1.87. The van der Waals surface area contributed by atoms with Crippen molar-refractivity contribution in [1.29, 1.82) is 0 Å². The monoisotopic (exact) mass is 450 g/mol. The molecular weight excluding hydrogens is 424 g/mol. The van der Waals surface area contributed by atoms with Crippen LogP contribution in [0.1, 0.15) is 30.4 Å². The maximum absolute atomic E-state index is 13.9. The Morgan fingerprint density at radius 2 is 2.06 bits per heavy atom. The van der Waals surface area contributed by atoms with Crippen LogP contribution in [-0.2, 0) is 14.9 Å². The summed E-state index contributed by atoms with van der Waals surface area (Å²) in [6.07, 6.45) is 1.59. The van der Waals surface area contributed by atoms with Crippen molar-refractivity contribution in [2.24, 2.45) is 0 Å². The normalized spacial score (nSPS) is 27.7. The Morgan fingerprint density at radius 1 is 1.18 bits per heavy atom. The number of hydrogen-bond acceptors (Lipinski definition) is 5. The number of amides is 2. The number of para-hydroxylation sites is 1. The molecule has 4 aliphatic heterocycles. The summed E-state index contributed by atoms with van der Waals surface area (Å²) in [5, 5.41) is 9.16. The van der Waals surface area contributed by atoms with E-state index in [1.165, 1.54) is 4.90 Å². The standard InChI is InChI=1S/C25H26N2O6/c28-23-25(19-5-1-2-6-21(19)27(23)14-17-4-3-11-31-17)15-32-22-12-16(7-8-20(22)25)33-18-9-10-26(13-18)24(29)30/h1-2,5-8,12,17-18H,3-4,9-11,13-15H2,(H,29,30)/t17-,18-,25?/m1/s1. The third kappa shape index (κ3) is 3.15. The number of nitrogens with zero attached hydrogens (tertiary/aromatic N) is 2. The predicted molar refractivity (Wildman–Crippen MR) is 119 cm³/mol. The Balaban J connectivity index is 1.29. The van der Waals surface area contributed by atoms with Gasteiger partial charge in [-0.05, 0) is 30.5 Å². The zero-order chi connectivity index (χ0) is 22.6. The molecule has 0 saturated carbocycles. The number of carboxylic acid groups (broad SMARTS) is 1. The molecule has 2 amide bonds. The van der Waals surface area contributed by atoms with Crippen LogP contribution in [0.5, 0.6) is 11.5 Å². The summed E-state index contributed by atoms with van der Waals surface area (Å²) in [6.45, 7) is 2.37. The zero-order valence-electron chi connectivity index (χ0n) is 18.2. The van der Waals surface area contributed by atoms with Crippen molar-refractivity contribution in [3.63, 3.8) is 0 Å². The van der Waals surface area contributed by atoms with Crippen LogP contribution in [0, 0.1) is 0 Å². The molecule has 33 heavy (non-hydrogen) atoms. The number of likely N-dealkylation sites (tertiary alicyclic amines) is 1. The first-order chi connectivity index (χ1) is 16.1. The van der Waals surface area contributed by atoms with E-state index in [1.54, 1.807) is 0 Å². The zero-order valence-corrected chi connectivity index (χ0v) is 18.2. The Bertz CT molecular complexity index is 1110. The third-order valence-electron chi connectivity index (χ3n) is 7.25. The average Bonchev–Trinajstić information content (AvgIpc) is 3.60. The Morgan fingerprint density at radius 3 is 2.85 bits per heavy atom. The van der Waals surface area contributed by atoms with Gasteiger partial charge < -0.3 is 29.1 Å². The number of benzene rings is 2. The van der Waals surface area contributed by atoms with Gasteiger partial charge in [0.1, 0.15) is 29.6 Å². The lowest BCUT2D eigenvalue weighted by Crippen LogP contribution is -2.44. The summed E-state index contributed by atoms with van der Waals surface area (Å²) in [5.74, 6) is 1.29. The van der Waals surface area contributed by atoms with E-state index in [-0.39, 0.29) is 24.7 Å². The summed E-state index contributed by atoms with van der Waals surface area (Å²) in [4.78, 5) is 28.3. The topological polar surface area (TPSA) is 88.5 Å². The third-order valence-corrected chi connectivity index (χ3v) is 7.25. The van der Waals surface area contributed by atoms with Gasteiger partial charge in [-0.3, -0.25) is 4.79 Å². The van der Waals surface area contributed by atoms with Gasteiger partial charge in [-0.2, -0.15) is 0 Å². The van der Waals surface area contributed by atoms with Crippen molar-refractivity contribution in [2.45, 2.75) is 36.9 Å². The van der Waals surface area contributed by atoms with Crippen LogP contribution in [0.2, 0.25) is 0 Å². The predicted octanol–water partition coefficient (Wildman–Crippen LogP) is 3.02. The van der Waals surface area contributed by atoms with Crippen LogP contribution in [-0.4, -0.2) is 67.1 Å². The molecule has 1 N–H and O–H groups in total. The Hall–Kier alpha value is -3.26. The van der Waals surface area contributed by atoms with Crippen molar-refractivity contribution in [2.75, 3.05) is 37.7 Å². The second-order valence-corrected chi connectivity index (χ2v) is 9.18. The molecule has 4 heterocycles. The van der Waals surface area contributed by atoms with Crippen LogP contribution >= 0.6 is 0 Å². The number of carbonyl (C=O) groups is 2. The average molecular weight is 450 g/mol. The van der Waals surface area contributed by atoms with Gasteiger partial charge in [0, 0.05) is 36.9 Å². The van der Waals surface area contributed by atoms with Crippen molar-refractivity contribution in [3.05, 3.63) is 53.6 Å². The molecule has 6 rings (SSSR count). The largest absolute Gasteiger partial charge is 0.491 e. The molecule has 0 bridgehead atoms. The fourth-order valence-corrected chi connectivity index (χ4v) is 5.60. The Labute approximate surface area is 191 Å². The van der Waals surface area contributed by atoms with Crippen molar-refractivity contribution >= 4 is 17.7 Å². The minimum absolute atomic E-state index is 0.0273. The molecule has 2 aromatic carbocycles. The molecule has 172 valence electrons. The first-order valence-corrected chi connectivity index (χ1v) is 11.5. The lowest BCUT2D eigenvalue weighted by Gasteiger charge is -2.25. The summed E-state index contributed by atoms with van der Waals surface area (Å²) in [6, 6.07) is 13.6. The minimum atomic E-state index is -0.925. The fourth-order valence-electron chi connectivity index (χ4n) is 5.60. The first kappa shape index (κ1) is 20.4. The molecule has 8 nitrogen and oxygen atoms in total. The van der Waals surface area contributed by atoms with Crippen LogP contribution in [0.25, 0.3) is 0 Å². The van der Waals surface area contributed by atoms with Gasteiger partial charge in [0.2, 0.25) is 5.91 Å².